The van der Waals surface area contributed by atoms with Crippen LogP contribution >= 0.6 is 11.6 Å². The molecule has 76 valence electrons. The maximum Gasteiger partial charge on any atom is 0.0505 e. The van der Waals surface area contributed by atoms with Crippen molar-refractivity contribution in [3.8, 4) is 0 Å². The van der Waals surface area contributed by atoms with Gasteiger partial charge in [0.1, 0.15) is 0 Å². The van der Waals surface area contributed by atoms with Gasteiger partial charge in [-0.2, -0.15) is 0 Å². The Kier molecular flexibility index (Phi) is 2.52. The fourth-order valence-corrected chi connectivity index (χ4v) is 2.10. The first kappa shape index (κ1) is 9.97. The van der Waals surface area contributed by atoms with Crippen molar-refractivity contribution in [2.75, 3.05) is 13.2 Å². The molecule has 2 nitrogen and oxygen atoms in total. The van der Waals surface area contributed by atoms with E-state index in [2.05, 4.69) is 0 Å². The molecule has 1 aromatic rings. The predicted octanol–water partition coefficient (Wildman–Crippen LogP) is 1.76. The summed E-state index contributed by atoms with van der Waals surface area (Å²) < 4.78 is 0. The third-order valence-corrected chi connectivity index (χ3v) is 3.44. The van der Waals surface area contributed by atoms with Crippen LogP contribution in [0.15, 0.2) is 24.3 Å². The van der Waals surface area contributed by atoms with Crippen molar-refractivity contribution in [2.45, 2.75) is 12.3 Å². The van der Waals surface area contributed by atoms with Crippen molar-refractivity contribution < 1.29 is 5.11 Å². The zero-order chi connectivity index (χ0) is 10.2. The summed E-state index contributed by atoms with van der Waals surface area (Å²) in [5, 5.41) is 9.98. The van der Waals surface area contributed by atoms with Crippen LogP contribution in [0.5, 0.6) is 0 Å². The first-order valence-corrected chi connectivity index (χ1v) is 5.16. The topological polar surface area (TPSA) is 46.2 Å². The van der Waals surface area contributed by atoms with Gasteiger partial charge in [-0.1, -0.05) is 23.7 Å². The van der Waals surface area contributed by atoms with E-state index in [1.165, 1.54) is 5.56 Å². The van der Waals surface area contributed by atoms with E-state index in [9.17, 15) is 5.11 Å². The molecule has 0 aromatic heterocycles. The van der Waals surface area contributed by atoms with Gasteiger partial charge in [-0.3, -0.25) is 0 Å². The molecule has 3 N–H and O–H groups in total. The van der Waals surface area contributed by atoms with E-state index in [1.54, 1.807) is 0 Å². The van der Waals surface area contributed by atoms with E-state index < -0.39 is 0 Å². The molecule has 2 atom stereocenters. The summed E-state index contributed by atoms with van der Waals surface area (Å²) in [5.41, 5.74) is 6.82. The number of hydrogen-bond acceptors (Lipinski definition) is 2. The van der Waals surface area contributed by atoms with Gasteiger partial charge in [0, 0.05) is 17.0 Å². The Morgan fingerprint density at radius 2 is 2.07 bits per heavy atom. The lowest BCUT2D eigenvalue weighted by atomic mass is 10.0. The minimum absolute atomic E-state index is 0.0617. The molecule has 2 rings (SSSR count). The zero-order valence-corrected chi connectivity index (χ0v) is 8.67. The number of aliphatic hydroxyl groups excluding tert-OH is 1. The summed E-state index contributed by atoms with van der Waals surface area (Å²) in [6, 6.07) is 7.79. The van der Waals surface area contributed by atoms with Crippen LogP contribution in [0.25, 0.3) is 0 Å². The summed E-state index contributed by atoms with van der Waals surface area (Å²) in [7, 11) is 0. The molecule has 1 aliphatic carbocycles. The minimum Gasteiger partial charge on any atom is -0.396 e. The summed E-state index contributed by atoms with van der Waals surface area (Å²) in [6.45, 7) is 0.730. The lowest BCUT2D eigenvalue weighted by molar-refractivity contribution is 0.211. The van der Waals surface area contributed by atoms with Gasteiger partial charge in [0.05, 0.1) is 6.61 Å². The average molecular weight is 212 g/mol. The van der Waals surface area contributed by atoms with Crippen molar-refractivity contribution in [2.24, 2.45) is 11.1 Å². The summed E-state index contributed by atoms with van der Waals surface area (Å²) in [6.07, 6.45) is 0.988. The largest absolute Gasteiger partial charge is 0.396 e. The molecule has 0 radical (unpaired) electrons. The molecule has 1 saturated carbocycles. The molecule has 14 heavy (non-hydrogen) atoms. The first-order chi connectivity index (χ1) is 6.72. The van der Waals surface area contributed by atoms with Crippen LogP contribution in [0.2, 0.25) is 5.02 Å². The maximum absolute atomic E-state index is 9.24. The summed E-state index contributed by atoms with van der Waals surface area (Å²) >= 11 is 5.80. The third kappa shape index (κ3) is 1.54. The van der Waals surface area contributed by atoms with Gasteiger partial charge in [0.2, 0.25) is 0 Å². The van der Waals surface area contributed by atoms with Crippen molar-refractivity contribution in [3.05, 3.63) is 34.9 Å². The highest BCUT2D eigenvalue weighted by Crippen LogP contribution is 2.58. The maximum atomic E-state index is 9.24. The number of benzene rings is 1. The number of nitrogens with two attached hydrogens (primary N) is 1. The Bertz CT molecular complexity index is 319. The van der Waals surface area contributed by atoms with Crippen LogP contribution in [-0.4, -0.2) is 18.3 Å². The Morgan fingerprint density at radius 3 is 2.50 bits per heavy atom. The van der Waals surface area contributed by atoms with E-state index in [-0.39, 0.29) is 12.0 Å². The molecule has 0 saturated heterocycles. The van der Waals surface area contributed by atoms with Crippen LogP contribution in [0.4, 0.5) is 0 Å². The smallest absolute Gasteiger partial charge is 0.0505 e. The fourth-order valence-electron chi connectivity index (χ4n) is 1.98. The van der Waals surface area contributed by atoms with Crippen molar-refractivity contribution >= 4 is 11.6 Å². The number of halogens is 1. The summed E-state index contributed by atoms with van der Waals surface area (Å²) in [5.74, 6) is 0.412. The lowest BCUT2D eigenvalue weighted by Gasteiger charge is -2.10. The van der Waals surface area contributed by atoms with E-state index in [0.29, 0.717) is 12.5 Å². The number of rotatable bonds is 3. The molecule has 0 spiro atoms. The Hall–Kier alpha value is -0.570. The monoisotopic (exact) mass is 211 g/mol. The Balaban J connectivity index is 2.16. The summed E-state index contributed by atoms with van der Waals surface area (Å²) in [4.78, 5) is 0. The van der Waals surface area contributed by atoms with Crippen molar-refractivity contribution in [3.63, 3.8) is 0 Å². The standard InChI is InChI=1S/C11H14ClNO/c12-9-3-1-8(2-4-9)10-5-11(10,6-13)7-14/h1-4,10,14H,5-7,13H2/t10-,11-/m1/s1. The van der Waals surface area contributed by atoms with Gasteiger partial charge >= 0.3 is 0 Å². The highest BCUT2D eigenvalue weighted by atomic mass is 35.5. The van der Waals surface area contributed by atoms with Crippen LogP contribution < -0.4 is 5.73 Å². The molecular formula is C11H14ClNO. The van der Waals surface area contributed by atoms with Gasteiger partial charge in [0.25, 0.3) is 0 Å². The number of hydrogen-bond donors (Lipinski definition) is 2. The van der Waals surface area contributed by atoms with Gasteiger partial charge in [-0.25, -0.2) is 0 Å². The van der Waals surface area contributed by atoms with E-state index in [0.717, 1.165) is 11.4 Å². The molecular weight excluding hydrogens is 198 g/mol. The highest BCUT2D eigenvalue weighted by Gasteiger charge is 2.53. The highest BCUT2D eigenvalue weighted by molar-refractivity contribution is 6.30. The molecule has 0 unspecified atom stereocenters. The molecule has 0 aliphatic heterocycles. The van der Waals surface area contributed by atoms with Gasteiger partial charge < -0.3 is 10.8 Å². The SMILES string of the molecule is NC[C@@]1(CO)C[C@@H]1c1ccc(Cl)cc1. The second-order valence-corrected chi connectivity index (χ2v) is 4.47. The molecule has 0 bridgehead atoms. The molecule has 1 fully saturated rings. The Morgan fingerprint density at radius 1 is 1.43 bits per heavy atom. The average Bonchev–Trinajstić information content (AvgIpc) is 2.94. The van der Waals surface area contributed by atoms with Gasteiger partial charge in [0.15, 0.2) is 0 Å². The van der Waals surface area contributed by atoms with E-state index in [1.807, 2.05) is 24.3 Å². The minimum atomic E-state index is -0.0617. The van der Waals surface area contributed by atoms with Gasteiger partial charge in [-0.15, -0.1) is 0 Å². The predicted molar refractivity (Wildman–Crippen MR) is 57.4 cm³/mol. The lowest BCUT2D eigenvalue weighted by Crippen LogP contribution is -2.21. The van der Waals surface area contributed by atoms with Crippen LogP contribution in [0, 0.1) is 5.41 Å². The van der Waals surface area contributed by atoms with Crippen molar-refractivity contribution in [1.29, 1.82) is 0 Å². The molecule has 3 heteroatoms. The molecule has 1 aromatic carbocycles. The van der Waals surface area contributed by atoms with Crippen LogP contribution in [0.3, 0.4) is 0 Å². The molecule has 0 heterocycles. The quantitative estimate of drug-likeness (QED) is 0.801. The molecule has 1 aliphatic rings. The number of aliphatic hydroxyl groups is 1. The van der Waals surface area contributed by atoms with Gasteiger partial charge in [-0.05, 0) is 30.0 Å². The molecule has 0 amide bonds. The second kappa shape index (κ2) is 3.54. The Labute approximate surface area is 88.7 Å². The first-order valence-electron chi connectivity index (χ1n) is 4.78. The third-order valence-electron chi connectivity index (χ3n) is 3.18. The normalized spacial score (nSPS) is 30.4. The second-order valence-electron chi connectivity index (χ2n) is 4.03. The van der Waals surface area contributed by atoms with E-state index >= 15 is 0 Å². The van der Waals surface area contributed by atoms with Crippen LogP contribution in [-0.2, 0) is 0 Å². The van der Waals surface area contributed by atoms with E-state index in [4.69, 9.17) is 17.3 Å². The van der Waals surface area contributed by atoms with Crippen molar-refractivity contribution in [1.82, 2.24) is 0 Å². The van der Waals surface area contributed by atoms with Crippen LogP contribution in [0.1, 0.15) is 17.9 Å². The zero-order valence-electron chi connectivity index (χ0n) is 7.91. The fraction of sp³-hybridized carbons (Fsp3) is 0.455.